The van der Waals surface area contributed by atoms with Crippen LogP contribution >= 0.6 is 11.6 Å². The fourth-order valence-corrected chi connectivity index (χ4v) is 3.35. The predicted octanol–water partition coefficient (Wildman–Crippen LogP) is 3.44. The van der Waals surface area contributed by atoms with E-state index < -0.39 is 11.7 Å². The number of halogens is 4. The van der Waals surface area contributed by atoms with Crippen LogP contribution in [0.1, 0.15) is 12.5 Å². The first-order chi connectivity index (χ1) is 14.6. The van der Waals surface area contributed by atoms with Gasteiger partial charge in [0.15, 0.2) is 6.61 Å². The van der Waals surface area contributed by atoms with E-state index in [4.69, 9.17) is 16.3 Å². The van der Waals surface area contributed by atoms with Gasteiger partial charge in [0.1, 0.15) is 11.6 Å². The average molecular weight is 457 g/mol. The van der Waals surface area contributed by atoms with Crippen molar-refractivity contribution in [2.24, 2.45) is 0 Å². The molecule has 0 atom stereocenters. The summed E-state index contributed by atoms with van der Waals surface area (Å²) in [5.41, 5.74) is -0.282. The van der Waals surface area contributed by atoms with Gasteiger partial charge in [-0.1, -0.05) is 11.6 Å². The summed E-state index contributed by atoms with van der Waals surface area (Å²) in [7, 11) is 0. The molecule has 31 heavy (non-hydrogen) atoms. The zero-order valence-electron chi connectivity index (χ0n) is 16.6. The normalized spacial score (nSPS) is 14.4. The molecule has 0 unspecified atom stereocenters. The Balaban J connectivity index is 1.50. The van der Waals surface area contributed by atoms with Gasteiger partial charge >= 0.3 is 6.18 Å². The second-order valence-electron chi connectivity index (χ2n) is 6.89. The van der Waals surface area contributed by atoms with Gasteiger partial charge < -0.3 is 19.9 Å². The Labute approximate surface area is 181 Å². The Morgan fingerprint density at radius 3 is 2.35 bits per heavy atom. The first-order valence-electron chi connectivity index (χ1n) is 9.39. The molecule has 166 valence electrons. The highest BCUT2D eigenvalue weighted by molar-refractivity contribution is 6.33. The number of rotatable bonds is 5. The Hall–Kier alpha value is -3.01. The molecule has 0 spiro atoms. The van der Waals surface area contributed by atoms with Crippen molar-refractivity contribution in [3.05, 3.63) is 47.1 Å². The molecule has 2 heterocycles. The number of anilines is 2. The quantitative estimate of drug-likeness (QED) is 0.746. The summed E-state index contributed by atoms with van der Waals surface area (Å²) in [5.74, 6) is 0.354. The monoisotopic (exact) mass is 456 g/mol. The van der Waals surface area contributed by atoms with Crippen molar-refractivity contribution in [3.63, 3.8) is 0 Å². The molecule has 1 aromatic carbocycles. The van der Waals surface area contributed by atoms with Gasteiger partial charge in [0.2, 0.25) is 5.91 Å². The van der Waals surface area contributed by atoms with Gasteiger partial charge in [-0.25, -0.2) is 4.98 Å². The van der Waals surface area contributed by atoms with Crippen molar-refractivity contribution in [1.29, 1.82) is 0 Å². The maximum atomic E-state index is 12.8. The lowest BCUT2D eigenvalue weighted by Gasteiger charge is -2.35. The van der Waals surface area contributed by atoms with Crippen LogP contribution in [0.5, 0.6) is 5.75 Å². The number of aromatic nitrogens is 1. The molecular weight excluding hydrogens is 437 g/mol. The number of nitrogens with zero attached hydrogens (tertiary/aromatic N) is 3. The molecule has 1 aliphatic heterocycles. The number of amides is 2. The largest absolute Gasteiger partial charge is 0.484 e. The molecule has 7 nitrogen and oxygen atoms in total. The number of alkyl halides is 3. The average Bonchev–Trinajstić information content (AvgIpc) is 2.72. The molecule has 0 radical (unpaired) electrons. The molecule has 1 aromatic heterocycles. The molecule has 1 N–H and O–H groups in total. The molecule has 0 saturated carbocycles. The molecule has 1 aliphatic rings. The summed E-state index contributed by atoms with van der Waals surface area (Å²) in [6, 6.07) is 7.48. The lowest BCUT2D eigenvalue weighted by Crippen LogP contribution is -2.50. The number of pyridine rings is 1. The standard InChI is InChI=1S/C20H20ClF3N4O3/c1-13(29)26-15-2-4-16(5-3-15)31-12-18(30)27-6-8-28(9-7-27)19-17(21)10-14(11-25-19)20(22,23)24/h2-5,10-11H,6-9,12H2,1H3,(H,26,29). The number of nitrogens with one attached hydrogen (secondary N) is 1. The van der Waals surface area contributed by atoms with Gasteiger partial charge in [0.05, 0.1) is 10.6 Å². The van der Waals surface area contributed by atoms with Gasteiger partial charge in [-0.2, -0.15) is 13.2 Å². The third kappa shape index (κ3) is 6.00. The van der Waals surface area contributed by atoms with Crippen molar-refractivity contribution in [1.82, 2.24) is 9.88 Å². The summed E-state index contributed by atoms with van der Waals surface area (Å²) in [6.07, 6.45) is -3.76. The Morgan fingerprint density at radius 2 is 1.81 bits per heavy atom. The van der Waals surface area contributed by atoms with E-state index in [2.05, 4.69) is 10.3 Å². The van der Waals surface area contributed by atoms with E-state index in [1.165, 1.54) is 6.92 Å². The maximum Gasteiger partial charge on any atom is 0.417 e. The van der Waals surface area contributed by atoms with Crippen LogP contribution in [0.15, 0.2) is 36.5 Å². The zero-order valence-corrected chi connectivity index (χ0v) is 17.3. The molecule has 1 fully saturated rings. The smallest absolute Gasteiger partial charge is 0.417 e. The van der Waals surface area contributed by atoms with Crippen LogP contribution in [0.2, 0.25) is 5.02 Å². The summed E-state index contributed by atoms with van der Waals surface area (Å²) in [6.45, 7) is 2.75. The van der Waals surface area contributed by atoms with E-state index in [-0.39, 0.29) is 29.3 Å². The van der Waals surface area contributed by atoms with Crippen molar-refractivity contribution in [2.75, 3.05) is 43.0 Å². The Bertz CT molecular complexity index is 946. The second kappa shape index (κ2) is 9.42. The molecule has 3 rings (SSSR count). The molecule has 11 heteroatoms. The Morgan fingerprint density at radius 1 is 1.16 bits per heavy atom. The van der Waals surface area contributed by atoms with Crippen molar-refractivity contribution < 1.29 is 27.5 Å². The fraction of sp³-hybridized carbons (Fsp3) is 0.350. The van der Waals surface area contributed by atoms with E-state index in [0.717, 1.165) is 12.3 Å². The summed E-state index contributed by atoms with van der Waals surface area (Å²) < 4.78 is 43.8. The highest BCUT2D eigenvalue weighted by Gasteiger charge is 2.32. The van der Waals surface area contributed by atoms with E-state index in [9.17, 15) is 22.8 Å². The highest BCUT2D eigenvalue weighted by atomic mass is 35.5. The predicted molar refractivity (Wildman–Crippen MR) is 109 cm³/mol. The third-order valence-electron chi connectivity index (χ3n) is 4.62. The topological polar surface area (TPSA) is 74.8 Å². The molecule has 0 bridgehead atoms. The molecule has 0 aliphatic carbocycles. The van der Waals surface area contributed by atoms with Crippen molar-refractivity contribution >= 4 is 34.9 Å². The fourth-order valence-electron chi connectivity index (χ4n) is 3.06. The van der Waals surface area contributed by atoms with Crippen LogP contribution in [0.4, 0.5) is 24.7 Å². The number of hydrogen-bond acceptors (Lipinski definition) is 5. The molecule has 1 saturated heterocycles. The number of carbonyl (C=O) groups is 2. The van der Waals surface area contributed by atoms with E-state index in [0.29, 0.717) is 37.6 Å². The number of piperazine rings is 1. The van der Waals surface area contributed by atoms with E-state index >= 15 is 0 Å². The number of hydrogen-bond donors (Lipinski definition) is 1. The number of carbonyl (C=O) groups excluding carboxylic acids is 2. The summed E-state index contributed by atoms with van der Waals surface area (Å²) in [5, 5.41) is 2.55. The minimum atomic E-state index is -4.51. The van der Waals surface area contributed by atoms with Crippen LogP contribution in [0, 0.1) is 0 Å². The third-order valence-corrected chi connectivity index (χ3v) is 4.90. The minimum absolute atomic E-state index is 0.0827. The van der Waals surface area contributed by atoms with Crippen LogP contribution in [0.25, 0.3) is 0 Å². The molecule has 2 aromatic rings. The van der Waals surface area contributed by atoms with Crippen LogP contribution < -0.4 is 15.0 Å². The van der Waals surface area contributed by atoms with Crippen LogP contribution in [-0.4, -0.2) is 54.5 Å². The van der Waals surface area contributed by atoms with Crippen LogP contribution in [-0.2, 0) is 15.8 Å². The van der Waals surface area contributed by atoms with Gasteiger partial charge in [0, 0.05) is 45.0 Å². The summed E-state index contributed by atoms with van der Waals surface area (Å²) in [4.78, 5) is 30.6. The summed E-state index contributed by atoms with van der Waals surface area (Å²) >= 11 is 6.00. The van der Waals surface area contributed by atoms with E-state index in [1.54, 1.807) is 34.1 Å². The zero-order chi connectivity index (χ0) is 22.6. The lowest BCUT2D eigenvalue weighted by molar-refractivity contribution is -0.138. The lowest BCUT2D eigenvalue weighted by atomic mass is 10.2. The second-order valence-corrected chi connectivity index (χ2v) is 7.30. The maximum absolute atomic E-state index is 12.8. The number of ether oxygens (including phenoxy) is 1. The van der Waals surface area contributed by atoms with Crippen molar-refractivity contribution in [3.8, 4) is 5.75 Å². The highest BCUT2D eigenvalue weighted by Crippen LogP contribution is 2.33. The minimum Gasteiger partial charge on any atom is -0.484 e. The first-order valence-corrected chi connectivity index (χ1v) is 9.77. The van der Waals surface area contributed by atoms with Gasteiger partial charge in [-0.3, -0.25) is 9.59 Å². The molecular formula is C20H20ClF3N4O3. The van der Waals surface area contributed by atoms with Gasteiger partial charge in [-0.05, 0) is 30.3 Å². The number of benzene rings is 1. The van der Waals surface area contributed by atoms with Crippen molar-refractivity contribution in [2.45, 2.75) is 13.1 Å². The SMILES string of the molecule is CC(=O)Nc1ccc(OCC(=O)N2CCN(c3ncc(C(F)(F)F)cc3Cl)CC2)cc1. The molecule has 2 amide bonds. The first kappa shape index (κ1) is 22.7. The van der Waals surface area contributed by atoms with Gasteiger partial charge in [-0.15, -0.1) is 0 Å². The van der Waals surface area contributed by atoms with E-state index in [1.807, 2.05) is 0 Å². The Kier molecular flexibility index (Phi) is 6.89. The van der Waals surface area contributed by atoms with Gasteiger partial charge in [0.25, 0.3) is 5.91 Å². The van der Waals surface area contributed by atoms with Crippen LogP contribution in [0.3, 0.4) is 0 Å².